The number of allylic oxidation sites excluding steroid dienone is 2. The van der Waals surface area contributed by atoms with Crippen LogP contribution in [0, 0.1) is 0 Å². The summed E-state index contributed by atoms with van der Waals surface area (Å²) >= 11 is 3.85. The van der Waals surface area contributed by atoms with E-state index in [1.54, 1.807) is 0 Å². The van der Waals surface area contributed by atoms with Crippen LogP contribution < -0.4 is 0 Å². The number of thiophene rings is 2. The van der Waals surface area contributed by atoms with Gasteiger partial charge in [0.1, 0.15) is 0 Å². The fourth-order valence-corrected chi connectivity index (χ4v) is 11.9. The van der Waals surface area contributed by atoms with Gasteiger partial charge < -0.3 is 9.13 Å². The van der Waals surface area contributed by atoms with Gasteiger partial charge in [0.2, 0.25) is 0 Å². The van der Waals surface area contributed by atoms with Gasteiger partial charge in [-0.15, -0.1) is 22.7 Å². The van der Waals surface area contributed by atoms with Crippen molar-refractivity contribution in [3.05, 3.63) is 143 Å². The zero-order valence-corrected chi connectivity index (χ0v) is 30.9. The molecule has 0 N–H and O–H groups in total. The van der Waals surface area contributed by atoms with Crippen LogP contribution in [0.3, 0.4) is 0 Å². The summed E-state index contributed by atoms with van der Waals surface area (Å²) in [5.41, 5.74) is 8.97. The molecule has 4 heteroatoms. The Hall–Kier alpha value is -5.94. The standard InChI is InChI=1S/C49H32N2S2/c1-50-40-16-9-6-12-30(40)38-26-28(44-36(46(38)50)24-22-34-32-14-4-3-5-18-42(32)52-48(34)44)20-21-29-27-39-31-13-7-10-17-41(31)51(2)47(39)37-25-23-35-33-15-8-11-19-43(33)53-49(35)45(29)37/h4-27H,3H2,1-2H3/b21-20+. The van der Waals surface area contributed by atoms with Crippen molar-refractivity contribution >= 4 is 142 Å². The number of hydrogen-bond donors (Lipinski definition) is 0. The van der Waals surface area contributed by atoms with Crippen LogP contribution in [0.5, 0.6) is 0 Å². The quantitative estimate of drug-likeness (QED) is 0.158. The van der Waals surface area contributed by atoms with Crippen LogP contribution in [0.2, 0.25) is 0 Å². The minimum Gasteiger partial charge on any atom is -0.343 e. The molecule has 0 unspecified atom stereocenters. The van der Waals surface area contributed by atoms with Gasteiger partial charge in [-0.3, -0.25) is 0 Å². The van der Waals surface area contributed by atoms with Gasteiger partial charge in [-0.2, -0.15) is 0 Å². The zero-order chi connectivity index (χ0) is 34.9. The molecule has 4 heterocycles. The molecule has 250 valence electrons. The van der Waals surface area contributed by atoms with Gasteiger partial charge in [0.15, 0.2) is 0 Å². The highest BCUT2D eigenvalue weighted by atomic mass is 32.1. The number of aryl methyl sites for hydroxylation is 2. The molecule has 0 atom stereocenters. The molecule has 7 aromatic carbocycles. The Morgan fingerprint density at radius 3 is 1.68 bits per heavy atom. The van der Waals surface area contributed by atoms with E-state index in [0.29, 0.717) is 0 Å². The molecule has 11 aromatic rings. The van der Waals surface area contributed by atoms with E-state index in [1.807, 2.05) is 22.7 Å². The molecule has 0 bridgehead atoms. The SMILES string of the molecule is Cn1c2ccccc2c2cc(/C=C/c3cc4c5ccccc5n(C)c4c4ccc5c6ccccc6sc5c34)c3c(ccc4c5c(sc43)C=CCC=C5)c21. The van der Waals surface area contributed by atoms with Crippen LogP contribution in [0.25, 0.3) is 120 Å². The summed E-state index contributed by atoms with van der Waals surface area (Å²) in [7, 11) is 4.44. The Morgan fingerprint density at radius 1 is 0.491 bits per heavy atom. The third kappa shape index (κ3) is 3.97. The van der Waals surface area contributed by atoms with Gasteiger partial charge in [-0.1, -0.05) is 109 Å². The smallest absolute Gasteiger partial charge is 0.0569 e. The average molecular weight is 713 g/mol. The lowest BCUT2D eigenvalue weighted by atomic mass is 9.95. The van der Waals surface area contributed by atoms with Crippen molar-refractivity contribution in [3.63, 3.8) is 0 Å². The first-order valence-electron chi connectivity index (χ1n) is 18.3. The van der Waals surface area contributed by atoms with Crippen molar-refractivity contribution < 1.29 is 0 Å². The van der Waals surface area contributed by atoms with Gasteiger partial charge in [0, 0.05) is 109 Å². The number of aromatic nitrogens is 2. The lowest BCUT2D eigenvalue weighted by Crippen LogP contribution is -1.90. The molecular formula is C49H32N2S2. The van der Waals surface area contributed by atoms with Crippen LogP contribution in [-0.4, -0.2) is 9.13 Å². The Labute approximate surface area is 313 Å². The van der Waals surface area contributed by atoms with E-state index in [2.05, 4.69) is 169 Å². The van der Waals surface area contributed by atoms with Gasteiger partial charge in [-0.05, 0) is 54.0 Å². The van der Waals surface area contributed by atoms with Crippen molar-refractivity contribution in [2.24, 2.45) is 14.1 Å². The van der Waals surface area contributed by atoms with Crippen LogP contribution in [0.4, 0.5) is 0 Å². The maximum atomic E-state index is 2.46. The average Bonchev–Trinajstić information content (AvgIpc) is 3.86. The summed E-state index contributed by atoms with van der Waals surface area (Å²) in [6.07, 6.45) is 15.0. The van der Waals surface area contributed by atoms with Crippen LogP contribution in [-0.2, 0) is 14.1 Å². The molecule has 0 spiro atoms. The Balaban J connectivity index is 1.22. The number of fused-ring (bicyclic) bond motifs is 18. The molecule has 0 radical (unpaired) electrons. The van der Waals surface area contributed by atoms with E-state index >= 15 is 0 Å². The molecule has 12 rings (SSSR count). The second kappa shape index (κ2) is 10.8. The van der Waals surface area contributed by atoms with E-state index in [-0.39, 0.29) is 0 Å². The second-order valence-electron chi connectivity index (χ2n) is 14.5. The molecule has 0 saturated carbocycles. The normalized spacial score (nSPS) is 13.5. The Bertz CT molecular complexity index is 3500. The third-order valence-electron chi connectivity index (χ3n) is 11.7. The first kappa shape index (κ1) is 29.6. The molecule has 0 amide bonds. The van der Waals surface area contributed by atoms with Gasteiger partial charge >= 0.3 is 0 Å². The zero-order valence-electron chi connectivity index (χ0n) is 29.3. The number of para-hydroxylation sites is 2. The first-order chi connectivity index (χ1) is 26.1. The lowest BCUT2D eigenvalue weighted by molar-refractivity contribution is 1.02. The molecule has 1 aliphatic rings. The predicted molar refractivity (Wildman–Crippen MR) is 236 cm³/mol. The summed E-state index contributed by atoms with van der Waals surface area (Å²) in [6.45, 7) is 0. The molecule has 2 nitrogen and oxygen atoms in total. The monoisotopic (exact) mass is 712 g/mol. The Kier molecular flexibility index (Phi) is 6.03. The topological polar surface area (TPSA) is 9.86 Å². The van der Waals surface area contributed by atoms with E-state index in [1.165, 1.54) is 117 Å². The highest BCUT2D eigenvalue weighted by Crippen LogP contribution is 2.47. The van der Waals surface area contributed by atoms with Gasteiger partial charge in [-0.25, -0.2) is 0 Å². The highest BCUT2D eigenvalue weighted by molar-refractivity contribution is 7.26. The highest BCUT2D eigenvalue weighted by Gasteiger charge is 2.21. The van der Waals surface area contributed by atoms with Crippen molar-refractivity contribution in [1.82, 2.24) is 9.13 Å². The van der Waals surface area contributed by atoms with Crippen LogP contribution in [0.15, 0.2) is 121 Å². The minimum atomic E-state index is 0.975. The molecule has 1 aliphatic carbocycles. The van der Waals surface area contributed by atoms with Crippen LogP contribution >= 0.6 is 22.7 Å². The predicted octanol–water partition coefficient (Wildman–Crippen LogP) is 14.5. The number of hydrogen-bond acceptors (Lipinski definition) is 2. The van der Waals surface area contributed by atoms with Gasteiger partial charge in [0.05, 0.1) is 11.0 Å². The number of benzene rings is 7. The molecule has 4 aromatic heterocycles. The van der Waals surface area contributed by atoms with Gasteiger partial charge in [0.25, 0.3) is 0 Å². The van der Waals surface area contributed by atoms with E-state index in [9.17, 15) is 0 Å². The summed E-state index contributed by atoms with van der Waals surface area (Å²) in [6, 6.07) is 40.9. The number of nitrogens with zero attached hydrogens (tertiary/aromatic N) is 2. The van der Waals surface area contributed by atoms with E-state index in [0.717, 1.165) is 6.42 Å². The van der Waals surface area contributed by atoms with Crippen molar-refractivity contribution in [2.45, 2.75) is 6.42 Å². The fourth-order valence-electron chi connectivity index (χ4n) is 9.38. The van der Waals surface area contributed by atoms with E-state index in [4.69, 9.17) is 0 Å². The summed E-state index contributed by atoms with van der Waals surface area (Å²) in [5, 5.41) is 14.5. The summed E-state index contributed by atoms with van der Waals surface area (Å²) < 4.78 is 8.83. The molecule has 0 aliphatic heterocycles. The first-order valence-corrected chi connectivity index (χ1v) is 19.9. The van der Waals surface area contributed by atoms with Crippen molar-refractivity contribution in [1.29, 1.82) is 0 Å². The maximum Gasteiger partial charge on any atom is 0.0569 e. The molecule has 53 heavy (non-hydrogen) atoms. The van der Waals surface area contributed by atoms with E-state index < -0.39 is 0 Å². The number of rotatable bonds is 2. The van der Waals surface area contributed by atoms with Crippen molar-refractivity contribution in [3.8, 4) is 0 Å². The second-order valence-corrected chi connectivity index (χ2v) is 16.6. The Morgan fingerprint density at radius 2 is 1.02 bits per heavy atom. The lowest BCUT2D eigenvalue weighted by Gasteiger charge is -2.11. The third-order valence-corrected chi connectivity index (χ3v) is 14.1. The largest absolute Gasteiger partial charge is 0.343 e. The molecular weight excluding hydrogens is 681 g/mol. The minimum absolute atomic E-state index is 0.975. The summed E-state index contributed by atoms with van der Waals surface area (Å²) in [4.78, 5) is 1.34. The molecule has 0 saturated heterocycles. The summed E-state index contributed by atoms with van der Waals surface area (Å²) in [5.74, 6) is 0. The fraction of sp³-hybridized carbons (Fsp3) is 0.0612. The van der Waals surface area contributed by atoms with Crippen molar-refractivity contribution in [2.75, 3.05) is 0 Å². The molecule has 0 fully saturated rings. The maximum absolute atomic E-state index is 2.46. The van der Waals surface area contributed by atoms with Crippen LogP contribution in [0.1, 0.15) is 28.0 Å².